The van der Waals surface area contributed by atoms with Gasteiger partial charge in [0.15, 0.2) is 0 Å². The summed E-state index contributed by atoms with van der Waals surface area (Å²) in [7, 11) is 4.11. The van der Waals surface area contributed by atoms with E-state index in [2.05, 4.69) is 29.3 Å². The highest BCUT2D eigenvalue weighted by Crippen LogP contribution is 2.37. The van der Waals surface area contributed by atoms with Crippen molar-refractivity contribution < 1.29 is 4.92 Å². The fourth-order valence-electron chi connectivity index (χ4n) is 2.53. The maximum atomic E-state index is 11.1. The van der Waals surface area contributed by atoms with Crippen LogP contribution in [0.25, 0.3) is 0 Å². The fourth-order valence-corrected chi connectivity index (χ4v) is 2.53. The average molecular weight is 264 g/mol. The van der Waals surface area contributed by atoms with E-state index in [9.17, 15) is 10.1 Å². The Morgan fingerprint density at radius 2 is 2.21 bits per heavy atom. The molecule has 1 aliphatic rings. The first-order chi connectivity index (χ1) is 8.96. The Morgan fingerprint density at radius 3 is 2.68 bits per heavy atom. The maximum absolute atomic E-state index is 11.1. The molecule has 104 valence electrons. The summed E-state index contributed by atoms with van der Waals surface area (Å²) < 4.78 is 0. The molecule has 1 heterocycles. The summed E-state index contributed by atoms with van der Waals surface area (Å²) in [5.41, 5.74) is 0.824. The van der Waals surface area contributed by atoms with Crippen LogP contribution in [-0.4, -0.2) is 41.0 Å². The molecule has 0 saturated heterocycles. The topological polar surface area (TPSA) is 71.3 Å². The van der Waals surface area contributed by atoms with Crippen LogP contribution in [0.1, 0.15) is 24.8 Å². The average Bonchev–Trinajstić information content (AvgIpc) is 2.26. The number of hydrogen-bond acceptors (Lipinski definition) is 5. The van der Waals surface area contributed by atoms with Gasteiger partial charge in [-0.15, -0.1) is 0 Å². The molecule has 0 unspecified atom stereocenters. The predicted molar refractivity (Wildman–Crippen MR) is 74.4 cm³/mol. The molecule has 0 radical (unpaired) electrons. The first-order valence-corrected chi connectivity index (χ1v) is 6.47. The van der Waals surface area contributed by atoms with Gasteiger partial charge in [0.05, 0.1) is 4.92 Å². The molecule has 1 fully saturated rings. The third kappa shape index (κ3) is 2.53. The minimum Gasteiger partial charge on any atom is -0.362 e. The van der Waals surface area contributed by atoms with Gasteiger partial charge >= 0.3 is 5.69 Å². The van der Waals surface area contributed by atoms with Crippen LogP contribution in [0.15, 0.2) is 12.3 Å². The predicted octanol–water partition coefficient (Wildman–Crippen LogP) is 2.19. The van der Waals surface area contributed by atoms with Gasteiger partial charge in [-0.05, 0) is 46.3 Å². The highest BCUT2D eigenvalue weighted by Gasteiger charge is 2.39. The van der Waals surface area contributed by atoms with Gasteiger partial charge in [-0.3, -0.25) is 10.1 Å². The van der Waals surface area contributed by atoms with Gasteiger partial charge in [0.25, 0.3) is 0 Å². The molecular weight excluding hydrogens is 244 g/mol. The fraction of sp³-hybridized carbons (Fsp3) is 0.615. The van der Waals surface area contributed by atoms with E-state index in [-0.39, 0.29) is 16.1 Å². The Balaban J connectivity index is 2.16. The largest absolute Gasteiger partial charge is 0.362 e. The van der Waals surface area contributed by atoms with Gasteiger partial charge in [0.1, 0.15) is 0 Å². The number of nitro groups is 1. The molecule has 19 heavy (non-hydrogen) atoms. The van der Waals surface area contributed by atoms with Crippen LogP contribution >= 0.6 is 0 Å². The van der Waals surface area contributed by atoms with Crippen molar-refractivity contribution >= 4 is 11.5 Å². The first-order valence-electron chi connectivity index (χ1n) is 6.47. The van der Waals surface area contributed by atoms with E-state index in [0.717, 1.165) is 12.8 Å². The number of nitrogens with zero attached hydrogens (tertiary/aromatic N) is 3. The molecular formula is C13H20N4O2. The first kappa shape index (κ1) is 13.7. The molecule has 0 bridgehead atoms. The van der Waals surface area contributed by atoms with E-state index in [1.165, 1.54) is 6.42 Å². The quantitative estimate of drug-likeness (QED) is 0.652. The smallest absolute Gasteiger partial charge is 0.314 e. The zero-order valence-corrected chi connectivity index (χ0v) is 11.6. The summed E-state index contributed by atoms with van der Waals surface area (Å²) >= 11 is 0. The number of aryl methyl sites for hydroxylation is 1. The molecule has 2 rings (SSSR count). The lowest BCUT2D eigenvalue weighted by molar-refractivity contribution is -0.384. The van der Waals surface area contributed by atoms with Crippen LogP contribution in [-0.2, 0) is 0 Å². The Hall–Kier alpha value is -1.69. The molecule has 6 heteroatoms. The van der Waals surface area contributed by atoms with Gasteiger partial charge in [-0.1, -0.05) is 0 Å². The molecule has 0 amide bonds. The van der Waals surface area contributed by atoms with Gasteiger partial charge in [0, 0.05) is 23.8 Å². The van der Waals surface area contributed by atoms with Crippen LogP contribution in [0.2, 0.25) is 0 Å². The minimum atomic E-state index is -0.367. The molecule has 1 saturated carbocycles. The van der Waals surface area contributed by atoms with Crippen LogP contribution in [0.5, 0.6) is 0 Å². The van der Waals surface area contributed by atoms with Crippen molar-refractivity contribution in [1.82, 2.24) is 9.88 Å². The Morgan fingerprint density at radius 1 is 1.53 bits per heavy atom. The van der Waals surface area contributed by atoms with Gasteiger partial charge in [-0.25, -0.2) is 4.98 Å². The van der Waals surface area contributed by atoms with Crippen LogP contribution < -0.4 is 5.32 Å². The summed E-state index contributed by atoms with van der Waals surface area (Å²) in [4.78, 5) is 17.0. The Labute approximate surface area is 113 Å². The summed E-state index contributed by atoms with van der Waals surface area (Å²) in [5, 5.41) is 14.3. The van der Waals surface area contributed by atoms with E-state index >= 15 is 0 Å². The highest BCUT2D eigenvalue weighted by atomic mass is 16.6. The molecule has 1 N–H and O–H groups in total. The Bertz CT molecular complexity index is 484. The van der Waals surface area contributed by atoms with Crippen LogP contribution in [0.3, 0.4) is 0 Å². The highest BCUT2D eigenvalue weighted by molar-refractivity contribution is 5.59. The van der Waals surface area contributed by atoms with E-state index in [1.54, 1.807) is 19.2 Å². The molecule has 1 aromatic rings. The van der Waals surface area contributed by atoms with Crippen molar-refractivity contribution in [3.63, 3.8) is 0 Å². The second kappa shape index (κ2) is 5.13. The molecule has 1 aromatic heterocycles. The normalized spacial score (nSPS) is 17.1. The molecule has 0 aromatic carbocycles. The number of likely N-dealkylation sites (N-methyl/N-ethyl adjacent to an activating group) is 1. The molecule has 0 spiro atoms. The van der Waals surface area contributed by atoms with E-state index < -0.39 is 0 Å². The third-order valence-corrected chi connectivity index (χ3v) is 4.13. The Kier molecular flexibility index (Phi) is 3.71. The number of anilines is 1. The number of aromatic nitrogens is 1. The SMILES string of the molecule is Cc1ccnc(NCC2(N(C)C)CCC2)c1[N+](=O)[O-]. The number of hydrogen-bond donors (Lipinski definition) is 1. The zero-order chi connectivity index (χ0) is 14.0. The molecule has 6 nitrogen and oxygen atoms in total. The maximum Gasteiger partial charge on any atom is 0.314 e. The van der Waals surface area contributed by atoms with Gasteiger partial charge in [-0.2, -0.15) is 0 Å². The van der Waals surface area contributed by atoms with E-state index in [0.29, 0.717) is 17.9 Å². The molecule has 0 aliphatic heterocycles. The van der Waals surface area contributed by atoms with Crippen molar-refractivity contribution in [1.29, 1.82) is 0 Å². The van der Waals surface area contributed by atoms with E-state index in [1.807, 2.05) is 0 Å². The number of nitrogens with one attached hydrogen (secondary N) is 1. The van der Waals surface area contributed by atoms with Crippen molar-refractivity contribution in [2.75, 3.05) is 26.0 Å². The number of pyridine rings is 1. The summed E-state index contributed by atoms with van der Waals surface area (Å²) in [6.45, 7) is 2.42. The van der Waals surface area contributed by atoms with Crippen LogP contribution in [0, 0.1) is 17.0 Å². The standard InChI is InChI=1S/C13H20N4O2/c1-10-5-8-14-12(11(10)17(18)19)15-9-13(16(2)3)6-4-7-13/h5,8H,4,6-7,9H2,1-3H3,(H,14,15). The van der Waals surface area contributed by atoms with Crippen molar-refractivity contribution in [2.45, 2.75) is 31.7 Å². The lowest BCUT2D eigenvalue weighted by Gasteiger charge is -2.47. The van der Waals surface area contributed by atoms with Gasteiger partial charge < -0.3 is 10.2 Å². The summed E-state index contributed by atoms with van der Waals surface area (Å²) in [6, 6.07) is 1.66. The summed E-state index contributed by atoms with van der Waals surface area (Å²) in [6.07, 6.45) is 5.05. The second-order valence-electron chi connectivity index (χ2n) is 5.41. The molecule has 0 atom stereocenters. The monoisotopic (exact) mass is 264 g/mol. The molecule has 1 aliphatic carbocycles. The van der Waals surface area contributed by atoms with E-state index in [4.69, 9.17) is 0 Å². The third-order valence-electron chi connectivity index (χ3n) is 4.13. The lowest BCUT2D eigenvalue weighted by Crippen LogP contribution is -2.54. The minimum absolute atomic E-state index is 0.0794. The summed E-state index contributed by atoms with van der Waals surface area (Å²) in [5.74, 6) is 0.373. The van der Waals surface area contributed by atoms with Crippen molar-refractivity contribution in [3.8, 4) is 0 Å². The lowest BCUT2D eigenvalue weighted by atomic mass is 9.75. The zero-order valence-electron chi connectivity index (χ0n) is 11.6. The van der Waals surface area contributed by atoms with Gasteiger partial charge in [0.2, 0.25) is 5.82 Å². The second-order valence-corrected chi connectivity index (χ2v) is 5.41. The van der Waals surface area contributed by atoms with Crippen molar-refractivity contribution in [2.24, 2.45) is 0 Å². The van der Waals surface area contributed by atoms with Crippen molar-refractivity contribution in [3.05, 3.63) is 27.9 Å². The van der Waals surface area contributed by atoms with Crippen LogP contribution in [0.4, 0.5) is 11.5 Å². The number of rotatable bonds is 5.